The normalized spacial score (nSPS) is 18.6. The summed E-state index contributed by atoms with van der Waals surface area (Å²) in [4.78, 5) is 14.1. The van der Waals surface area contributed by atoms with Gasteiger partial charge in [0.2, 0.25) is 0 Å². The number of hydrogen-bond donors (Lipinski definition) is 1. The van der Waals surface area contributed by atoms with E-state index in [4.69, 9.17) is 21.1 Å². The summed E-state index contributed by atoms with van der Waals surface area (Å²) in [6.07, 6.45) is 1.90. The zero-order chi connectivity index (χ0) is 23.8. The summed E-state index contributed by atoms with van der Waals surface area (Å²) in [7, 11) is 0. The van der Waals surface area contributed by atoms with Crippen molar-refractivity contribution >= 4 is 17.6 Å². The maximum absolute atomic E-state index is 11.8. The number of ether oxygens (including phenoxy) is 2. The zero-order valence-corrected chi connectivity index (χ0v) is 20.7. The number of aliphatic carboxylic acids is 1. The average Bonchev–Trinajstić information content (AvgIpc) is 3.09. The first-order valence-corrected chi connectivity index (χ1v) is 12.1. The van der Waals surface area contributed by atoms with Gasteiger partial charge in [0.25, 0.3) is 0 Å². The molecule has 2 aliphatic heterocycles. The largest absolute Gasteiger partial charge is 0.492 e. The molecule has 1 atom stereocenters. The smallest absolute Gasteiger partial charge is 0.308 e. The van der Waals surface area contributed by atoms with Crippen LogP contribution < -0.4 is 9.47 Å². The molecule has 2 aliphatic rings. The Kier molecular flexibility index (Phi) is 6.66. The van der Waals surface area contributed by atoms with Crippen LogP contribution in [0.1, 0.15) is 50.3 Å². The van der Waals surface area contributed by atoms with E-state index in [0.717, 1.165) is 53.6 Å². The van der Waals surface area contributed by atoms with Crippen molar-refractivity contribution in [2.45, 2.75) is 52.6 Å². The summed E-state index contributed by atoms with van der Waals surface area (Å²) in [6, 6.07) is 12.0. The fourth-order valence-electron chi connectivity index (χ4n) is 5.00. The monoisotopic (exact) mass is 471 g/mol. The van der Waals surface area contributed by atoms with Crippen LogP contribution in [0.2, 0.25) is 5.02 Å². The van der Waals surface area contributed by atoms with Crippen LogP contribution in [-0.2, 0) is 16.8 Å². The maximum Gasteiger partial charge on any atom is 0.308 e. The first-order valence-electron chi connectivity index (χ1n) is 11.7. The molecule has 2 aromatic carbocycles. The molecule has 1 saturated heterocycles. The molecule has 0 aliphatic carbocycles. The number of hydrogen-bond acceptors (Lipinski definition) is 4. The van der Waals surface area contributed by atoms with Gasteiger partial charge in [-0.2, -0.15) is 0 Å². The van der Waals surface area contributed by atoms with Crippen LogP contribution in [0.15, 0.2) is 36.4 Å². The molecular formula is C27H34ClNO4. The van der Waals surface area contributed by atoms with E-state index in [-0.39, 0.29) is 16.7 Å². The summed E-state index contributed by atoms with van der Waals surface area (Å²) >= 11 is 6.36. The second-order valence-electron chi connectivity index (χ2n) is 10.6. The highest BCUT2D eigenvalue weighted by Gasteiger charge is 2.44. The van der Waals surface area contributed by atoms with Crippen molar-refractivity contribution in [1.29, 1.82) is 0 Å². The summed E-state index contributed by atoms with van der Waals surface area (Å²) in [5.41, 5.74) is 3.03. The van der Waals surface area contributed by atoms with Crippen molar-refractivity contribution in [1.82, 2.24) is 4.90 Å². The van der Waals surface area contributed by atoms with E-state index in [9.17, 15) is 9.90 Å². The van der Waals surface area contributed by atoms with Gasteiger partial charge < -0.3 is 19.5 Å². The number of carboxylic acids is 1. The number of aryl methyl sites for hydroxylation is 1. The molecule has 1 unspecified atom stereocenters. The SMILES string of the molecule is Cc1cccc(Cl)c1COc1ccc2c(c1)C1(CCN(CC(C(=O)O)C(C)(C)C)CC1)CO2. The third-order valence-corrected chi connectivity index (χ3v) is 7.71. The number of nitrogens with zero attached hydrogens (tertiary/aromatic N) is 1. The molecule has 2 heterocycles. The second kappa shape index (κ2) is 9.19. The van der Waals surface area contributed by atoms with Gasteiger partial charge in [-0.3, -0.25) is 4.79 Å². The predicted octanol–water partition coefficient (Wildman–Crippen LogP) is 5.70. The first kappa shape index (κ1) is 23.9. The van der Waals surface area contributed by atoms with Gasteiger partial charge in [-0.25, -0.2) is 0 Å². The minimum Gasteiger partial charge on any atom is -0.492 e. The van der Waals surface area contributed by atoms with E-state index >= 15 is 0 Å². The molecule has 0 saturated carbocycles. The van der Waals surface area contributed by atoms with Gasteiger partial charge in [0.1, 0.15) is 18.1 Å². The van der Waals surface area contributed by atoms with Crippen LogP contribution >= 0.6 is 11.6 Å². The zero-order valence-electron chi connectivity index (χ0n) is 20.0. The van der Waals surface area contributed by atoms with E-state index in [0.29, 0.717) is 19.8 Å². The molecule has 33 heavy (non-hydrogen) atoms. The number of carbonyl (C=O) groups is 1. The second-order valence-corrected chi connectivity index (χ2v) is 11.0. The minimum atomic E-state index is -0.715. The van der Waals surface area contributed by atoms with Crippen molar-refractivity contribution in [3.8, 4) is 11.5 Å². The number of fused-ring (bicyclic) bond motifs is 2. The van der Waals surface area contributed by atoms with Crippen LogP contribution in [0.3, 0.4) is 0 Å². The molecule has 6 heteroatoms. The Labute approximate surface area is 201 Å². The predicted molar refractivity (Wildman–Crippen MR) is 130 cm³/mol. The molecule has 4 rings (SSSR count). The molecule has 0 amide bonds. The molecule has 0 aromatic heterocycles. The molecule has 1 spiro atoms. The lowest BCUT2D eigenvalue weighted by Crippen LogP contribution is -2.47. The molecule has 1 N–H and O–H groups in total. The number of likely N-dealkylation sites (tertiary alicyclic amines) is 1. The fraction of sp³-hybridized carbons (Fsp3) is 0.519. The van der Waals surface area contributed by atoms with Gasteiger partial charge in [0.05, 0.1) is 12.5 Å². The van der Waals surface area contributed by atoms with Crippen LogP contribution in [-0.4, -0.2) is 42.2 Å². The Morgan fingerprint density at radius 3 is 2.61 bits per heavy atom. The molecule has 0 radical (unpaired) electrons. The third-order valence-electron chi connectivity index (χ3n) is 7.36. The van der Waals surface area contributed by atoms with Crippen molar-refractivity contribution in [3.05, 3.63) is 58.1 Å². The van der Waals surface area contributed by atoms with Gasteiger partial charge in [0.15, 0.2) is 0 Å². The molecular weight excluding hydrogens is 438 g/mol. The molecule has 1 fully saturated rings. The summed E-state index contributed by atoms with van der Waals surface area (Å²) < 4.78 is 12.2. The number of carboxylic acid groups (broad SMARTS) is 1. The van der Waals surface area contributed by atoms with E-state index in [1.54, 1.807) is 0 Å². The van der Waals surface area contributed by atoms with E-state index in [1.807, 2.05) is 58.0 Å². The lowest BCUT2D eigenvalue weighted by Gasteiger charge is -2.41. The van der Waals surface area contributed by atoms with Crippen molar-refractivity contribution in [2.75, 3.05) is 26.2 Å². The van der Waals surface area contributed by atoms with Crippen LogP contribution in [0.5, 0.6) is 11.5 Å². The van der Waals surface area contributed by atoms with Crippen LogP contribution in [0.4, 0.5) is 0 Å². The highest BCUT2D eigenvalue weighted by atomic mass is 35.5. The van der Waals surface area contributed by atoms with Gasteiger partial charge in [-0.05, 0) is 68.1 Å². The maximum atomic E-state index is 11.8. The highest BCUT2D eigenvalue weighted by molar-refractivity contribution is 6.31. The van der Waals surface area contributed by atoms with Crippen LogP contribution in [0.25, 0.3) is 0 Å². The Balaban J connectivity index is 1.45. The molecule has 178 valence electrons. The fourth-order valence-corrected chi connectivity index (χ4v) is 5.27. The summed E-state index contributed by atoms with van der Waals surface area (Å²) in [6.45, 7) is 11.5. The number of piperidine rings is 1. The lowest BCUT2D eigenvalue weighted by atomic mass is 9.73. The van der Waals surface area contributed by atoms with E-state index < -0.39 is 5.97 Å². The lowest BCUT2D eigenvalue weighted by molar-refractivity contribution is -0.146. The molecule has 0 bridgehead atoms. The van der Waals surface area contributed by atoms with Gasteiger partial charge >= 0.3 is 5.97 Å². The summed E-state index contributed by atoms with van der Waals surface area (Å²) in [5.74, 6) is 0.654. The van der Waals surface area contributed by atoms with Crippen molar-refractivity contribution in [2.24, 2.45) is 11.3 Å². The topological polar surface area (TPSA) is 59.0 Å². The Morgan fingerprint density at radius 1 is 1.24 bits per heavy atom. The standard InChI is InChI=1S/C27H34ClNO4/c1-18-6-5-7-23(28)20(18)16-32-19-8-9-24-21(14-19)27(17-33-24)10-12-29(13-11-27)15-22(25(30)31)26(2,3)4/h5-9,14,22H,10-13,15-17H2,1-4H3,(H,30,31). The number of benzene rings is 2. The van der Waals surface area contributed by atoms with Gasteiger partial charge in [-0.1, -0.05) is 44.5 Å². The van der Waals surface area contributed by atoms with Gasteiger partial charge in [0, 0.05) is 28.1 Å². The average molecular weight is 472 g/mol. The molecule has 5 nitrogen and oxygen atoms in total. The van der Waals surface area contributed by atoms with Crippen molar-refractivity contribution in [3.63, 3.8) is 0 Å². The highest BCUT2D eigenvalue weighted by Crippen LogP contribution is 2.47. The van der Waals surface area contributed by atoms with Crippen LogP contribution in [0, 0.1) is 18.3 Å². The van der Waals surface area contributed by atoms with Gasteiger partial charge in [-0.15, -0.1) is 0 Å². The molecule has 2 aromatic rings. The Bertz CT molecular complexity index is 1000. The van der Waals surface area contributed by atoms with Crippen molar-refractivity contribution < 1.29 is 19.4 Å². The number of halogens is 1. The third kappa shape index (κ3) is 4.99. The Hall–Kier alpha value is -2.24. The first-order chi connectivity index (χ1) is 15.6. The van der Waals surface area contributed by atoms with E-state index in [2.05, 4.69) is 11.0 Å². The van der Waals surface area contributed by atoms with E-state index in [1.165, 1.54) is 5.56 Å². The Morgan fingerprint density at radius 2 is 1.97 bits per heavy atom. The summed E-state index contributed by atoms with van der Waals surface area (Å²) in [5, 5.41) is 10.4. The number of rotatable bonds is 6. The quantitative estimate of drug-likeness (QED) is 0.585. The minimum absolute atomic E-state index is 0.0357.